The zero-order chi connectivity index (χ0) is 27.3. The number of rotatable bonds is 21. The largest absolute Gasteiger partial charge is 0.504 e. The molecule has 0 atom stereocenters. The van der Waals surface area contributed by atoms with Gasteiger partial charge in [-0.05, 0) is 37.1 Å². The van der Waals surface area contributed by atoms with Crippen molar-refractivity contribution >= 4 is 12.4 Å². The van der Waals surface area contributed by atoms with E-state index >= 15 is 0 Å². The summed E-state index contributed by atoms with van der Waals surface area (Å²) < 4.78 is 11.6. The molecule has 0 heterocycles. The van der Waals surface area contributed by atoms with Crippen LogP contribution in [0.2, 0.25) is 0 Å². The minimum Gasteiger partial charge on any atom is -0.504 e. The fraction of sp³-hybridized carbons (Fsp3) is 0.562. The van der Waals surface area contributed by atoms with Gasteiger partial charge in [0.2, 0.25) is 0 Å². The van der Waals surface area contributed by atoms with E-state index in [4.69, 9.17) is 9.47 Å². The number of aliphatic imine (C=N–C) groups is 2. The summed E-state index contributed by atoms with van der Waals surface area (Å²) in [5, 5.41) is 21.0. The van der Waals surface area contributed by atoms with Crippen LogP contribution in [0.1, 0.15) is 102 Å². The van der Waals surface area contributed by atoms with Gasteiger partial charge in [0, 0.05) is 23.6 Å². The standard InChI is InChI=1S/C32H48N2O4/c1-3-5-7-9-11-13-23-37-29-19-15-17-27(31(29)35)25-33-21-22-34-26-28-18-16-20-30(32(28)36)38-24-14-12-10-8-6-4-2/h15-20,25-26,35-36H,3-14,21-24H2,1-2H3. The average Bonchev–Trinajstić information content (AvgIpc) is 2.92. The van der Waals surface area contributed by atoms with E-state index in [2.05, 4.69) is 23.8 Å². The molecule has 0 saturated heterocycles. The molecule has 38 heavy (non-hydrogen) atoms. The van der Waals surface area contributed by atoms with E-state index in [0.717, 1.165) is 25.7 Å². The van der Waals surface area contributed by atoms with Crippen molar-refractivity contribution in [2.24, 2.45) is 9.98 Å². The zero-order valence-electron chi connectivity index (χ0n) is 23.5. The lowest BCUT2D eigenvalue weighted by Crippen LogP contribution is -1.99. The Morgan fingerprint density at radius 2 is 0.974 bits per heavy atom. The monoisotopic (exact) mass is 524 g/mol. The van der Waals surface area contributed by atoms with Gasteiger partial charge in [0.25, 0.3) is 0 Å². The third-order valence-corrected chi connectivity index (χ3v) is 6.39. The Morgan fingerprint density at radius 1 is 0.579 bits per heavy atom. The first kappa shape index (κ1) is 31.2. The Balaban J connectivity index is 1.73. The van der Waals surface area contributed by atoms with E-state index in [1.807, 2.05) is 24.3 Å². The van der Waals surface area contributed by atoms with Crippen LogP contribution in [0.5, 0.6) is 23.0 Å². The van der Waals surface area contributed by atoms with Gasteiger partial charge in [-0.25, -0.2) is 0 Å². The van der Waals surface area contributed by atoms with Gasteiger partial charge in [0.05, 0.1) is 26.3 Å². The van der Waals surface area contributed by atoms with Crippen molar-refractivity contribution < 1.29 is 19.7 Å². The summed E-state index contributed by atoms with van der Waals surface area (Å²) in [6, 6.07) is 10.9. The van der Waals surface area contributed by atoms with Gasteiger partial charge in [0.1, 0.15) is 0 Å². The highest BCUT2D eigenvalue weighted by Crippen LogP contribution is 2.30. The highest BCUT2D eigenvalue weighted by atomic mass is 16.5. The minimum absolute atomic E-state index is 0.119. The molecule has 0 aliphatic heterocycles. The Morgan fingerprint density at radius 3 is 1.39 bits per heavy atom. The summed E-state index contributed by atoms with van der Waals surface area (Å²) in [5.74, 6) is 1.23. The number of nitrogens with zero attached hydrogens (tertiary/aromatic N) is 2. The van der Waals surface area contributed by atoms with E-state index in [0.29, 0.717) is 48.9 Å². The maximum absolute atomic E-state index is 10.5. The summed E-state index contributed by atoms with van der Waals surface area (Å²) in [6.07, 6.45) is 17.7. The van der Waals surface area contributed by atoms with Crippen LogP contribution in [-0.4, -0.2) is 48.9 Å². The molecule has 0 spiro atoms. The number of para-hydroxylation sites is 2. The average molecular weight is 525 g/mol. The van der Waals surface area contributed by atoms with E-state index < -0.39 is 0 Å². The summed E-state index contributed by atoms with van der Waals surface area (Å²) in [6.45, 7) is 6.57. The van der Waals surface area contributed by atoms with Crippen molar-refractivity contribution in [1.29, 1.82) is 0 Å². The molecule has 2 aromatic rings. The molecule has 0 fully saturated rings. The lowest BCUT2D eigenvalue weighted by Gasteiger charge is -2.09. The highest BCUT2D eigenvalue weighted by Gasteiger charge is 2.07. The number of ether oxygens (including phenoxy) is 2. The second-order valence-corrected chi connectivity index (χ2v) is 9.69. The predicted octanol–water partition coefficient (Wildman–Crippen LogP) is 8.11. The number of hydrogen-bond donors (Lipinski definition) is 2. The van der Waals surface area contributed by atoms with E-state index in [9.17, 15) is 10.2 Å². The van der Waals surface area contributed by atoms with Gasteiger partial charge in [-0.1, -0.05) is 90.2 Å². The molecule has 6 heteroatoms. The van der Waals surface area contributed by atoms with E-state index in [1.165, 1.54) is 51.4 Å². The van der Waals surface area contributed by atoms with Crippen LogP contribution in [0.15, 0.2) is 46.4 Å². The Bertz CT molecular complexity index is 881. The predicted molar refractivity (Wildman–Crippen MR) is 159 cm³/mol. The van der Waals surface area contributed by atoms with Crippen molar-refractivity contribution in [3.63, 3.8) is 0 Å². The molecular weight excluding hydrogens is 476 g/mol. The molecule has 210 valence electrons. The lowest BCUT2D eigenvalue weighted by atomic mass is 10.1. The maximum atomic E-state index is 10.5. The molecule has 6 nitrogen and oxygen atoms in total. The third-order valence-electron chi connectivity index (χ3n) is 6.39. The summed E-state index contributed by atoms with van der Waals surface area (Å²) in [5.41, 5.74) is 1.25. The van der Waals surface area contributed by atoms with Gasteiger partial charge in [-0.15, -0.1) is 0 Å². The van der Waals surface area contributed by atoms with Crippen LogP contribution in [0.3, 0.4) is 0 Å². The summed E-state index contributed by atoms with van der Waals surface area (Å²) in [7, 11) is 0. The third kappa shape index (κ3) is 12.5. The Kier molecular flexibility index (Phi) is 16.4. The molecule has 0 aliphatic carbocycles. The molecule has 0 amide bonds. The summed E-state index contributed by atoms with van der Waals surface area (Å²) in [4.78, 5) is 8.78. The molecule has 0 saturated carbocycles. The van der Waals surface area contributed by atoms with E-state index in [1.54, 1.807) is 24.6 Å². The molecule has 0 aromatic heterocycles. The van der Waals surface area contributed by atoms with Crippen molar-refractivity contribution in [3.8, 4) is 23.0 Å². The molecule has 2 aromatic carbocycles. The van der Waals surface area contributed by atoms with Crippen LogP contribution >= 0.6 is 0 Å². The van der Waals surface area contributed by atoms with Crippen LogP contribution < -0.4 is 9.47 Å². The highest BCUT2D eigenvalue weighted by molar-refractivity contribution is 5.85. The Labute approximate surface area is 229 Å². The van der Waals surface area contributed by atoms with E-state index in [-0.39, 0.29) is 11.5 Å². The topological polar surface area (TPSA) is 83.6 Å². The van der Waals surface area contributed by atoms with Crippen molar-refractivity contribution in [1.82, 2.24) is 0 Å². The molecule has 2 N–H and O–H groups in total. The molecule has 2 rings (SSSR count). The smallest absolute Gasteiger partial charge is 0.166 e. The SMILES string of the molecule is CCCCCCCCOc1cccc(C=NCCN=Cc2cccc(OCCCCCCCC)c2O)c1O. The first-order chi connectivity index (χ1) is 18.7. The number of phenols is 2. The Hall–Kier alpha value is -3.02. The van der Waals surface area contributed by atoms with Gasteiger partial charge in [0.15, 0.2) is 23.0 Å². The van der Waals surface area contributed by atoms with Gasteiger partial charge in [-0.3, -0.25) is 9.98 Å². The first-order valence-corrected chi connectivity index (χ1v) is 14.6. The van der Waals surface area contributed by atoms with Crippen molar-refractivity contribution in [2.75, 3.05) is 26.3 Å². The van der Waals surface area contributed by atoms with Crippen molar-refractivity contribution in [2.45, 2.75) is 90.9 Å². The van der Waals surface area contributed by atoms with Gasteiger partial charge < -0.3 is 19.7 Å². The minimum atomic E-state index is 0.119. The number of hydrogen-bond acceptors (Lipinski definition) is 6. The number of benzene rings is 2. The van der Waals surface area contributed by atoms with Gasteiger partial charge in [-0.2, -0.15) is 0 Å². The molecule has 0 aliphatic rings. The van der Waals surface area contributed by atoms with Crippen LogP contribution in [0, 0.1) is 0 Å². The normalized spacial score (nSPS) is 11.5. The quantitative estimate of drug-likeness (QED) is 0.128. The van der Waals surface area contributed by atoms with Crippen LogP contribution in [-0.2, 0) is 0 Å². The lowest BCUT2D eigenvalue weighted by molar-refractivity contribution is 0.288. The molecule has 0 radical (unpaired) electrons. The number of phenolic OH excluding ortho intramolecular Hbond substituents is 2. The van der Waals surface area contributed by atoms with Gasteiger partial charge >= 0.3 is 0 Å². The fourth-order valence-corrected chi connectivity index (χ4v) is 4.09. The number of unbranched alkanes of at least 4 members (excludes halogenated alkanes) is 10. The molecular formula is C32H48N2O4. The summed E-state index contributed by atoms with van der Waals surface area (Å²) >= 11 is 0. The van der Waals surface area contributed by atoms with Crippen LogP contribution in [0.4, 0.5) is 0 Å². The molecule has 0 bridgehead atoms. The fourth-order valence-electron chi connectivity index (χ4n) is 4.09. The zero-order valence-corrected chi connectivity index (χ0v) is 23.5. The first-order valence-electron chi connectivity index (χ1n) is 14.6. The molecule has 0 unspecified atom stereocenters. The maximum Gasteiger partial charge on any atom is 0.166 e. The van der Waals surface area contributed by atoms with Crippen LogP contribution in [0.25, 0.3) is 0 Å². The second-order valence-electron chi connectivity index (χ2n) is 9.69. The van der Waals surface area contributed by atoms with Crippen molar-refractivity contribution in [3.05, 3.63) is 47.5 Å². The second kappa shape index (κ2) is 20.0. The number of aromatic hydroxyl groups is 2.